The Hall–Kier alpha value is -3.08. The van der Waals surface area contributed by atoms with Gasteiger partial charge in [0.15, 0.2) is 0 Å². The van der Waals surface area contributed by atoms with E-state index in [1.807, 2.05) is 64.3 Å². The molecule has 2 heterocycles. The van der Waals surface area contributed by atoms with Crippen molar-refractivity contribution in [3.63, 3.8) is 0 Å². The first-order valence-electron chi connectivity index (χ1n) is 8.45. The van der Waals surface area contributed by atoms with Crippen LogP contribution >= 0.6 is 0 Å². The molecule has 1 unspecified atom stereocenters. The van der Waals surface area contributed by atoms with Gasteiger partial charge in [0.25, 0.3) is 0 Å². The minimum absolute atomic E-state index is 0.0655. The Bertz CT molecular complexity index is 887. The van der Waals surface area contributed by atoms with E-state index < -0.39 is 0 Å². The predicted molar refractivity (Wildman–Crippen MR) is 98.0 cm³/mol. The van der Waals surface area contributed by atoms with Crippen LogP contribution in [0, 0.1) is 0 Å². The van der Waals surface area contributed by atoms with Crippen LogP contribution in [0.1, 0.15) is 24.0 Å². The Morgan fingerprint density at radius 3 is 2.76 bits per heavy atom. The van der Waals surface area contributed by atoms with Crippen LogP contribution in [0.4, 0.5) is 10.5 Å². The molecule has 0 saturated carbocycles. The van der Waals surface area contributed by atoms with Gasteiger partial charge in [-0.05, 0) is 23.8 Å². The number of fused-ring (bicyclic) bond motifs is 1. The predicted octanol–water partition coefficient (Wildman–Crippen LogP) is 3.71. The van der Waals surface area contributed by atoms with Crippen LogP contribution in [0.15, 0.2) is 67.0 Å². The highest BCUT2D eigenvalue weighted by molar-refractivity contribution is 5.94. The highest BCUT2D eigenvalue weighted by Gasteiger charge is 2.29. The fourth-order valence-corrected chi connectivity index (χ4v) is 3.26. The van der Waals surface area contributed by atoms with Gasteiger partial charge in [-0.2, -0.15) is 5.10 Å². The van der Waals surface area contributed by atoms with Crippen LogP contribution in [0.25, 0.3) is 5.69 Å². The number of hydrogen-bond acceptors (Lipinski definition) is 2. The summed E-state index contributed by atoms with van der Waals surface area (Å²) in [4.78, 5) is 14.4. The van der Waals surface area contributed by atoms with Crippen LogP contribution in [0.3, 0.4) is 0 Å². The second-order valence-corrected chi connectivity index (χ2v) is 6.36. The molecule has 0 fully saturated rings. The smallest absolute Gasteiger partial charge is 0.322 e. The zero-order chi connectivity index (χ0) is 17.2. The number of urea groups is 1. The summed E-state index contributed by atoms with van der Waals surface area (Å²) in [6, 6.07) is 18.0. The van der Waals surface area contributed by atoms with Gasteiger partial charge in [0.1, 0.15) is 0 Å². The minimum Gasteiger partial charge on any atom is -0.333 e. The number of anilines is 1. The van der Waals surface area contributed by atoms with Crippen molar-refractivity contribution >= 4 is 11.7 Å². The Kier molecular flexibility index (Phi) is 3.98. The van der Waals surface area contributed by atoms with Crippen molar-refractivity contribution in [2.45, 2.75) is 19.4 Å². The molecular formula is C20H20N4O. The van der Waals surface area contributed by atoms with E-state index in [1.165, 1.54) is 5.56 Å². The molecule has 1 aromatic heterocycles. The van der Waals surface area contributed by atoms with Gasteiger partial charge < -0.3 is 5.32 Å². The molecule has 5 nitrogen and oxygen atoms in total. The maximum Gasteiger partial charge on any atom is 0.322 e. The largest absolute Gasteiger partial charge is 0.333 e. The van der Waals surface area contributed by atoms with Crippen LogP contribution in [-0.2, 0) is 6.54 Å². The molecule has 1 aliphatic heterocycles. The summed E-state index contributed by atoms with van der Waals surface area (Å²) < 4.78 is 1.81. The van der Waals surface area contributed by atoms with Crippen molar-refractivity contribution in [3.8, 4) is 5.69 Å². The summed E-state index contributed by atoms with van der Waals surface area (Å²) in [5, 5.41) is 7.36. The molecule has 1 aliphatic rings. The van der Waals surface area contributed by atoms with E-state index in [9.17, 15) is 4.79 Å². The lowest BCUT2D eigenvalue weighted by molar-refractivity contribution is 0.246. The molecule has 2 amide bonds. The standard InChI is InChI=1S/C20H20N4O/c1-15-13-23(19-10-6-5-9-18(15)19)20(25)21-11-16-12-22-24(14-16)17-7-3-2-4-8-17/h2-10,12,14-15H,11,13H2,1H3,(H,21,25). The monoisotopic (exact) mass is 332 g/mol. The molecule has 2 aromatic carbocycles. The molecule has 3 aromatic rings. The summed E-state index contributed by atoms with van der Waals surface area (Å²) in [5.41, 5.74) is 4.21. The lowest BCUT2D eigenvalue weighted by Crippen LogP contribution is -2.38. The van der Waals surface area contributed by atoms with Crippen molar-refractivity contribution in [1.82, 2.24) is 15.1 Å². The van der Waals surface area contributed by atoms with Gasteiger partial charge in [-0.25, -0.2) is 9.48 Å². The first-order valence-corrected chi connectivity index (χ1v) is 8.45. The normalized spacial score (nSPS) is 15.9. The van der Waals surface area contributed by atoms with E-state index in [2.05, 4.69) is 23.4 Å². The van der Waals surface area contributed by atoms with E-state index in [0.29, 0.717) is 19.0 Å². The van der Waals surface area contributed by atoms with Gasteiger partial charge in [-0.1, -0.05) is 43.3 Å². The van der Waals surface area contributed by atoms with E-state index in [0.717, 1.165) is 16.9 Å². The van der Waals surface area contributed by atoms with Crippen LogP contribution in [0.5, 0.6) is 0 Å². The molecule has 25 heavy (non-hydrogen) atoms. The first-order chi connectivity index (χ1) is 12.2. The second kappa shape index (κ2) is 6.43. The minimum atomic E-state index is -0.0655. The molecule has 4 rings (SSSR count). The highest BCUT2D eigenvalue weighted by atomic mass is 16.2. The third-order valence-corrected chi connectivity index (χ3v) is 4.56. The maximum atomic E-state index is 12.6. The quantitative estimate of drug-likeness (QED) is 0.795. The topological polar surface area (TPSA) is 50.2 Å². The Balaban J connectivity index is 1.43. The van der Waals surface area contributed by atoms with Crippen LogP contribution < -0.4 is 10.2 Å². The number of rotatable bonds is 3. The number of carbonyl (C=O) groups excluding carboxylic acids is 1. The number of amides is 2. The Morgan fingerprint density at radius 1 is 1.16 bits per heavy atom. The SMILES string of the molecule is CC1CN(C(=O)NCc2cnn(-c3ccccc3)c2)c2ccccc21. The lowest BCUT2D eigenvalue weighted by atomic mass is 10.0. The summed E-state index contributed by atoms with van der Waals surface area (Å²) in [7, 11) is 0. The van der Waals surface area contributed by atoms with Gasteiger partial charge >= 0.3 is 6.03 Å². The van der Waals surface area contributed by atoms with Crippen molar-refractivity contribution < 1.29 is 4.79 Å². The van der Waals surface area contributed by atoms with E-state index >= 15 is 0 Å². The number of carbonyl (C=O) groups is 1. The molecular weight excluding hydrogens is 312 g/mol. The number of benzene rings is 2. The van der Waals surface area contributed by atoms with Gasteiger partial charge in [-0.3, -0.25) is 4.90 Å². The molecule has 126 valence electrons. The van der Waals surface area contributed by atoms with Crippen molar-refractivity contribution in [1.29, 1.82) is 0 Å². The lowest BCUT2D eigenvalue weighted by Gasteiger charge is -2.18. The molecule has 5 heteroatoms. The van der Waals surface area contributed by atoms with Crippen molar-refractivity contribution in [3.05, 3.63) is 78.1 Å². The second-order valence-electron chi connectivity index (χ2n) is 6.36. The van der Waals surface area contributed by atoms with Crippen molar-refractivity contribution in [2.75, 3.05) is 11.4 Å². The summed E-state index contributed by atoms with van der Waals surface area (Å²) >= 11 is 0. The summed E-state index contributed by atoms with van der Waals surface area (Å²) in [5.74, 6) is 0.364. The maximum absolute atomic E-state index is 12.6. The fourth-order valence-electron chi connectivity index (χ4n) is 3.26. The molecule has 0 radical (unpaired) electrons. The number of nitrogens with one attached hydrogen (secondary N) is 1. The highest BCUT2D eigenvalue weighted by Crippen LogP contribution is 2.35. The number of aromatic nitrogens is 2. The van der Waals surface area contributed by atoms with Gasteiger partial charge in [0.2, 0.25) is 0 Å². The Morgan fingerprint density at radius 2 is 1.92 bits per heavy atom. The van der Waals surface area contributed by atoms with Gasteiger partial charge in [-0.15, -0.1) is 0 Å². The molecule has 0 aliphatic carbocycles. The molecule has 0 bridgehead atoms. The first kappa shape index (κ1) is 15.4. The van der Waals surface area contributed by atoms with Crippen LogP contribution in [0.2, 0.25) is 0 Å². The number of nitrogens with zero attached hydrogens (tertiary/aromatic N) is 3. The summed E-state index contributed by atoms with van der Waals surface area (Å²) in [6.45, 7) is 3.32. The van der Waals surface area contributed by atoms with E-state index in [1.54, 1.807) is 6.20 Å². The average Bonchev–Trinajstić information content (AvgIpc) is 3.26. The molecule has 1 atom stereocenters. The molecule has 0 saturated heterocycles. The molecule has 0 spiro atoms. The zero-order valence-corrected chi connectivity index (χ0v) is 14.1. The number of para-hydroxylation sites is 2. The zero-order valence-electron chi connectivity index (χ0n) is 14.1. The third kappa shape index (κ3) is 3.01. The van der Waals surface area contributed by atoms with Gasteiger partial charge in [0, 0.05) is 36.5 Å². The van der Waals surface area contributed by atoms with Crippen LogP contribution in [-0.4, -0.2) is 22.4 Å². The molecule has 1 N–H and O–H groups in total. The number of hydrogen-bond donors (Lipinski definition) is 1. The van der Waals surface area contributed by atoms with Crippen molar-refractivity contribution in [2.24, 2.45) is 0 Å². The Labute approximate surface area is 146 Å². The van der Waals surface area contributed by atoms with Gasteiger partial charge in [0.05, 0.1) is 11.9 Å². The third-order valence-electron chi connectivity index (χ3n) is 4.56. The average molecular weight is 332 g/mol. The fraction of sp³-hybridized carbons (Fsp3) is 0.200. The summed E-state index contributed by atoms with van der Waals surface area (Å²) in [6.07, 6.45) is 3.73. The van der Waals surface area contributed by atoms with E-state index in [-0.39, 0.29) is 6.03 Å². The van der Waals surface area contributed by atoms with E-state index in [4.69, 9.17) is 0 Å².